The zero-order valence-electron chi connectivity index (χ0n) is 16.0. The maximum atomic E-state index is 13.6. The minimum absolute atomic E-state index is 0.258. The number of nitro groups is 1. The summed E-state index contributed by atoms with van der Waals surface area (Å²) < 4.78 is 18.9. The van der Waals surface area contributed by atoms with Gasteiger partial charge in [-0.15, -0.1) is 0 Å². The van der Waals surface area contributed by atoms with Crippen LogP contribution < -0.4 is 10.2 Å². The van der Waals surface area contributed by atoms with Gasteiger partial charge in [-0.05, 0) is 31.4 Å². The second kappa shape index (κ2) is 8.92. The van der Waals surface area contributed by atoms with Crippen molar-refractivity contribution >= 4 is 23.1 Å². The number of benzene rings is 1. The van der Waals surface area contributed by atoms with E-state index in [0.29, 0.717) is 18.2 Å². The Morgan fingerprint density at radius 3 is 2.93 bits per heavy atom. The van der Waals surface area contributed by atoms with E-state index >= 15 is 0 Å². The molecule has 1 aromatic heterocycles. The lowest BCUT2D eigenvalue weighted by Crippen LogP contribution is -2.33. The molecule has 1 fully saturated rings. The monoisotopic (exact) mass is 389 g/mol. The van der Waals surface area contributed by atoms with E-state index in [1.165, 1.54) is 6.07 Å². The van der Waals surface area contributed by atoms with Crippen LogP contribution in [0.2, 0.25) is 0 Å². The molecule has 3 rings (SSSR count). The summed E-state index contributed by atoms with van der Waals surface area (Å²) in [5.74, 6) is 0.262. The van der Waals surface area contributed by atoms with Crippen molar-refractivity contribution in [3.8, 4) is 0 Å². The zero-order valence-corrected chi connectivity index (χ0v) is 16.0. The predicted octanol–water partition coefficient (Wildman–Crippen LogP) is 3.84. The third-order valence-corrected chi connectivity index (χ3v) is 4.70. The summed E-state index contributed by atoms with van der Waals surface area (Å²) in [5, 5.41) is 14.0. The summed E-state index contributed by atoms with van der Waals surface area (Å²) in [6.45, 7) is 3.58. The van der Waals surface area contributed by atoms with Gasteiger partial charge < -0.3 is 15.0 Å². The van der Waals surface area contributed by atoms with E-state index in [4.69, 9.17) is 4.74 Å². The molecule has 0 aliphatic carbocycles. The molecule has 0 spiro atoms. The number of anilines is 3. The fourth-order valence-corrected chi connectivity index (χ4v) is 3.43. The molecule has 1 aliphatic rings. The molecule has 1 aromatic carbocycles. The molecule has 0 saturated carbocycles. The van der Waals surface area contributed by atoms with E-state index in [0.717, 1.165) is 55.9 Å². The molecule has 9 heteroatoms. The minimum Gasteiger partial charge on any atom is -0.383 e. The summed E-state index contributed by atoms with van der Waals surface area (Å²) in [7, 11) is 1.69. The van der Waals surface area contributed by atoms with E-state index in [1.807, 2.05) is 6.07 Å². The molecule has 1 atom stereocenters. The van der Waals surface area contributed by atoms with Gasteiger partial charge in [-0.2, -0.15) is 9.37 Å². The normalized spacial score (nSPS) is 16.4. The van der Waals surface area contributed by atoms with Crippen LogP contribution >= 0.6 is 0 Å². The minimum atomic E-state index is -0.878. The molecule has 2 aromatic rings. The lowest BCUT2D eigenvalue weighted by Gasteiger charge is -2.26. The van der Waals surface area contributed by atoms with Gasteiger partial charge in [0.25, 0.3) is 0 Å². The predicted molar refractivity (Wildman–Crippen MR) is 105 cm³/mol. The highest BCUT2D eigenvalue weighted by atomic mass is 19.1. The van der Waals surface area contributed by atoms with Crippen molar-refractivity contribution in [2.45, 2.75) is 38.6 Å². The maximum Gasteiger partial charge on any atom is 0.306 e. The van der Waals surface area contributed by atoms with Crippen molar-refractivity contribution in [3.05, 3.63) is 45.9 Å². The summed E-state index contributed by atoms with van der Waals surface area (Å²) in [6, 6.07) is 5.88. The molecular formula is C19H24FN5O3. The number of aromatic nitrogens is 2. The van der Waals surface area contributed by atoms with Crippen molar-refractivity contribution in [2.24, 2.45) is 0 Å². The van der Waals surface area contributed by atoms with Gasteiger partial charge in [0.15, 0.2) is 0 Å². The van der Waals surface area contributed by atoms with Crippen LogP contribution in [0, 0.1) is 15.9 Å². The third kappa shape index (κ3) is 4.53. The fourth-order valence-electron chi connectivity index (χ4n) is 3.43. The first kappa shape index (κ1) is 19.9. The van der Waals surface area contributed by atoms with Crippen molar-refractivity contribution in [1.29, 1.82) is 0 Å². The lowest BCUT2D eigenvalue weighted by atomic mass is 10.2. The van der Waals surface area contributed by atoms with E-state index in [1.54, 1.807) is 7.11 Å². The van der Waals surface area contributed by atoms with Crippen molar-refractivity contribution < 1.29 is 14.1 Å². The number of rotatable bonds is 8. The van der Waals surface area contributed by atoms with Gasteiger partial charge in [0.1, 0.15) is 5.82 Å². The molecule has 0 bridgehead atoms. The van der Waals surface area contributed by atoms with Crippen LogP contribution in [0.25, 0.3) is 0 Å². The Morgan fingerprint density at radius 1 is 1.39 bits per heavy atom. The van der Waals surface area contributed by atoms with Crippen molar-refractivity contribution in [1.82, 2.24) is 9.97 Å². The van der Waals surface area contributed by atoms with Crippen molar-refractivity contribution in [2.75, 3.05) is 30.5 Å². The standard InChI is InChI=1S/C19H24FN5O3/c1-3-5-13-11-18(24-9-4-6-15(24)12-28-2)23-19(21-13)22-14-7-8-16(20)17(10-14)25(26)27/h7-8,10-11,15H,3-6,9,12H2,1-2H3,(H,21,22,23)/t15-/m0/s1. The largest absolute Gasteiger partial charge is 0.383 e. The maximum absolute atomic E-state index is 13.6. The molecule has 150 valence electrons. The van der Waals surface area contributed by atoms with Gasteiger partial charge in [0, 0.05) is 37.2 Å². The number of halogens is 1. The van der Waals surface area contributed by atoms with E-state index in [9.17, 15) is 14.5 Å². The molecule has 1 aliphatic heterocycles. The van der Waals surface area contributed by atoms with Gasteiger partial charge in [-0.25, -0.2) is 4.98 Å². The summed E-state index contributed by atoms with van der Waals surface area (Å²) in [5.41, 5.74) is 0.659. The fraction of sp³-hybridized carbons (Fsp3) is 0.474. The molecular weight excluding hydrogens is 365 g/mol. The molecule has 2 heterocycles. The Labute approximate surface area is 162 Å². The number of hydrogen-bond donors (Lipinski definition) is 1. The number of ether oxygens (including phenoxy) is 1. The number of nitrogens with zero attached hydrogens (tertiary/aromatic N) is 4. The quantitative estimate of drug-likeness (QED) is 0.541. The highest BCUT2D eigenvalue weighted by Crippen LogP contribution is 2.28. The first-order chi connectivity index (χ1) is 13.5. The molecule has 1 N–H and O–H groups in total. The second-order valence-corrected chi connectivity index (χ2v) is 6.78. The van der Waals surface area contributed by atoms with Crippen LogP contribution in [-0.4, -0.2) is 41.2 Å². The van der Waals surface area contributed by atoms with Crippen LogP contribution in [0.3, 0.4) is 0 Å². The Bertz CT molecular complexity index is 848. The molecule has 0 radical (unpaired) electrons. The highest BCUT2D eigenvalue weighted by molar-refractivity contribution is 5.59. The van der Waals surface area contributed by atoms with Crippen LogP contribution in [0.15, 0.2) is 24.3 Å². The molecule has 28 heavy (non-hydrogen) atoms. The van der Waals surface area contributed by atoms with Gasteiger partial charge in [-0.3, -0.25) is 10.1 Å². The molecule has 8 nitrogen and oxygen atoms in total. The van der Waals surface area contributed by atoms with Gasteiger partial charge in [0.2, 0.25) is 11.8 Å². The number of methoxy groups -OCH3 is 1. The smallest absolute Gasteiger partial charge is 0.306 e. The Hall–Kier alpha value is -2.81. The third-order valence-electron chi connectivity index (χ3n) is 4.70. The van der Waals surface area contributed by atoms with Gasteiger partial charge in [-0.1, -0.05) is 13.3 Å². The Morgan fingerprint density at radius 2 is 2.21 bits per heavy atom. The van der Waals surface area contributed by atoms with E-state index < -0.39 is 16.4 Å². The number of hydrogen-bond acceptors (Lipinski definition) is 7. The topological polar surface area (TPSA) is 93.4 Å². The second-order valence-electron chi connectivity index (χ2n) is 6.78. The van der Waals surface area contributed by atoms with E-state index in [-0.39, 0.29) is 6.04 Å². The zero-order chi connectivity index (χ0) is 20.1. The number of aryl methyl sites for hydroxylation is 1. The SMILES string of the molecule is CCCc1cc(N2CCC[C@H]2COC)nc(Nc2ccc(F)c([N+](=O)[O-])c2)n1. The molecule has 0 amide bonds. The Balaban J connectivity index is 1.91. The first-order valence-electron chi connectivity index (χ1n) is 9.36. The van der Waals surface area contributed by atoms with Crippen LogP contribution in [0.1, 0.15) is 31.9 Å². The lowest BCUT2D eigenvalue weighted by molar-refractivity contribution is -0.387. The van der Waals surface area contributed by atoms with Gasteiger partial charge >= 0.3 is 5.69 Å². The van der Waals surface area contributed by atoms with Crippen LogP contribution in [-0.2, 0) is 11.2 Å². The summed E-state index contributed by atoms with van der Waals surface area (Å²) >= 11 is 0. The highest BCUT2D eigenvalue weighted by Gasteiger charge is 2.26. The summed E-state index contributed by atoms with van der Waals surface area (Å²) in [6.07, 6.45) is 3.82. The first-order valence-corrected chi connectivity index (χ1v) is 9.36. The molecule has 0 unspecified atom stereocenters. The van der Waals surface area contributed by atoms with E-state index in [2.05, 4.69) is 27.1 Å². The van der Waals surface area contributed by atoms with Crippen molar-refractivity contribution in [3.63, 3.8) is 0 Å². The van der Waals surface area contributed by atoms with Gasteiger partial charge in [0.05, 0.1) is 17.6 Å². The average Bonchev–Trinajstić information content (AvgIpc) is 3.12. The average molecular weight is 389 g/mol. The van der Waals surface area contributed by atoms with Crippen LogP contribution in [0.5, 0.6) is 0 Å². The number of nitro benzene ring substituents is 1. The summed E-state index contributed by atoms with van der Waals surface area (Å²) in [4.78, 5) is 21.6. The van der Waals surface area contributed by atoms with Crippen LogP contribution in [0.4, 0.5) is 27.5 Å². The number of nitrogens with one attached hydrogen (secondary N) is 1. The molecule has 1 saturated heterocycles. The Kier molecular flexibility index (Phi) is 6.35.